The van der Waals surface area contributed by atoms with Crippen LogP contribution < -0.4 is 10.6 Å². The molecule has 7 heteroatoms. The van der Waals surface area contributed by atoms with E-state index < -0.39 is 11.3 Å². The van der Waals surface area contributed by atoms with E-state index in [9.17, 15) is 14.7 Å². The van der Waals surface area contributed by atoms with Gasteiger partial charge in [0.1, 0.15) is 4.48 Å². The van der Waals surface area contributed by atoms with E-state index in [-0.39, 0.29) is 10.4 Å². The monoisotopic (exact) mass is 356 g/mol. The van der Waals surface area contributed by atoms with Crippen molar-refractivity contribution >= 4 is 39.5 Å². The molecule has 0 aromatic heterocycles. The number of amides is 2. The molecule has 106 valence electrons. The lowest BCUT2D eigenvalue weighted by atomic mass is 10.1. The number of rotatable bonds is 4. The summed E-state index contributed by atoms with van der Waals surface area (Å²) in [5.41, 5.74) is -0.0230. The Balaban J connectivity index is 1.86. The second-order valence-corrected chi connectivity index (χ2v) is 5.98. The summed E-state index contributed by atoms with van der Waals surface area (Å²) in [6, 6.07) is 9.81. The Morgan fingerprint density at radius 2 is 2.10 bits per heavy atom. The number of aliphatic hydroxyl groups is 1. The van der Waals surface area contributed by atoms with Crippen LogP contribution in [-0.2, 0) is 16.0 Å². The fourth-order valence-electron chi connectivity index (χ4n) is 1.62. The fraction of sp³-hybridized carbons (Fsp3) is 0.231. The van der Waals surface area contributed by atoms with Crippen molar-refractivity contribution in [3.8, 4) is 0 Å². The molecule has 0 aliphatic carbocycles. The van der Waals surface area contributed by atoms with Gasteiger partial charge in [-0.25, -0.2) is 0 Å². The summed E-state index contributed by atoms with van der Waals surface area (Å²) in [6.45, 7) is 0.492. The van der Waals surface area contributed by atoms with E-state index in [1.165, 1.54) is 0 Å². The number of carbonyl (C=O) groups is 2. The number of thioether (sulfide) groups is 1. The Kier molecular flexibility index (Phi) is 5.22. The van der Waals surface area contributed by atoms with Crippen molar-refractivity contribution in [3.63, 3.8) is 0 Å². The molecule has 1 heterocycles. The molecule has 2 rings (SSSR count). The van der Waals surface area contributed by atoms with E-state index in [0.717, 1.165) is 23.7 Å². The molecule has 5 nitrogen and oxygen atoms in total. The minimum atomic E-state index is -1.16. The van der Waals surface area contributed by atoms with Crippen LogP contribution in [0.2, 0.25) is 0 Å². The summed E-state index contributed by atoms with van der Waals surface area (Å²) in [5.74, 6) is -0.836. The fourth-order valence-corrected chi connectivity index (χ4v) is 2.89. The van der Waals surface area contributed by atoms with Gasteiger partial charge in [0.2, 0.25) is 0 Å². The second-order valence-electron chi connectivity index (χ2n) is 4.09. The van der Waals surface area contributed by atoms with Gasteiger partial charge in [-0.2, -0.15) is 0 Å². The van der Waals surface area contributed by atoms with Gasteiger partial charge in [0.25, 0.3) is 11.8 Å². The molecule has 2 amide bonds. The largest absolute Gasteiger partial charge is 0.373 e. The standard InChI is InChI=1S/C13H13BrN2O3S/c14-9(12-16-11(18)13(19)20-12)10(17)15-7-6-8-4-2-1-3-5-8/h1-5,13,19H,6-7H2,(H,15,17)(H,16,18)/b12-9-. The van der Waals surface area contributed by atoms with E-state index >= 15 is 0 Å². The van der Waals surface area contributed by atoms with Crippen molar-refractivity contribution in [3.05, 3.63) is 45.4 Å². The number of hydrogen-bond acceptors (Lipinski definition) is 4. The summed E-state index contributed by atoms with van der Waals surface area (Å²) in [7, 11) is 0. The molecule has 0 saturated carbocycles. The molecule has 3 N–H and O–H groups in total. The average Bonchev–Trinajstić information content (AvgIpc) is 2.79. The third kappa shape index (κ3) is 3.84. The Morgan fingerprint density at radius 1 is 1.40 bits per heavy atom. The maximum Gasteiger partial charge on any atom is 0.264 e. The molecular weight excluding hydrogens is 344 g/mol. The lowest BCUT2D eigenvalue weighted by molar-refractivity contribution is -0.123. The summed E-state index contributed by atoms with van der Waals surface area (Å²) in [4.78, 5) is 23.0. The van der Waals surface area contributed by atoms with Gasteiger partial charge in [-0.3, -0.25) is 9.59 Å². The molecule has 1 unspecified atom stereocenters. The maximum atomic E-state index is 11.9. The molecule has 1 aliphatic heterocycles. The van der Waals surface area contributed by atoms with Crippen molar-refractivity contribution in [1.29, 1.82) is 0 Å². The number of benzene rings is 1. The smallest absolute Gasteiger partial charge is 0.264 e. The lowest BCUT2D eigenvalue weighted by Crippen LogP contribution is -2.28. The van der Waals surface area contributed by atoms with Crippen LogP contribution in [0.15, 0.2) is 39.8 Å². The van der Waals surface area contributed by atoms with E-state index in [0.29, 0.717) is 11.6 Å². The zero-order valence-corrected chi connectivity index (χ0v) is 12.8. The van der Waals surface area contributed by atoms with E-state index in [1.54, 1.807) is 0 Å². The minimum absolute atomic E-state index is 0.223. The molecule has 1 saturated heterocycles. The van der Waals surface area contributed by atoms with Crippen LogP contribution in [-0.4, -0.2) is 28.9 Å². The Labute approximate surface area is 128 Å². The Hall–Kier alpha value is -1.31. The predicted molar refractivity (Wildman–Crippen MR) is 80.8 cm³/mol. The molecule has 0 bridgehead atoms. The van der Waals surface area contributed by atoms with Crippen LogP contribution in [0.1, 0.15) is 5.56 Å². The number of halogens is 1. The first-order valence-corrected chi connectivity index (χ1v) is 7.62. The van der Waals surface area contributed by atoms with Gasteiger partial charge in [0, 0.05) is 6.54 Å². The Bertz CT molecular complexity index is 548. The molecule has 1 aliphatic rings. The van der Waals surface area contributed by atoms with Crippen LogP contribution in [0.25, 0.3) is 0 Å². The number of aliphatic hydroxyl groups excluding tert-OH is 1. The average molecular weight is 357 g/mol. The van der Waals surface area contributed by atoms with Gasteiger partial charge in [-0.15, -0.1) is 0 Å². The SMILES string of the molecule is O=C(NCCc1ccccc1)/C(Br)=C1\NC(=O)C(O)S1. The highest BCUT2D eigenvalue weighted by atomic mass is 79.9. The predicted octanol–water partition coefficient (Wildman–Crippen LogP) is 1.09. The normalized spacial score (nSPS) is 20.5. The summed E-state index contributed by atoms with van der Waals surface area (Å²) in [5, 5.41) is 14.8. The van der Waals surface area contributed by atoms with Crippen molar-refractivity contribution in [2.45, 2.75) is 11.9 Å². The first-order valence-electron chi connectivity index (χ1n) is 5.95. The quantitative estimate of drug-likeness (QED) is 0.705. The first kappa shape index (κ1) is 15.1. The van der Waals surface area contributed by atoms with Gasteiger partial charge in [-0.05, 0) is 27.9 Å². The zero-order chi connectivity index (χ0) is 14.5. The molecule has 0 spiro atoms. The third-order valence-corrected chi connectivity index (χ3v) is 4.63. The van der Waals surface area contributed by atoms with Gasteiger partial charge in [0.15, 0.2) is 5.44 Å². The van der Waals surface area contributed by atoms with E-state index in [1.807, 2.05) is 30.3 Å². The molecule has 20 heavy (non-hydrogen) atoms. The highest BCUT2D eigenvalue weighted by Gasteiger charge is 2.30. The van der Waals surface area contributed by atoms with Gasteiger partial charge in [0.05, 0.1) is 5.03 Å². The first-order chi connectivity index (χ1) is 9.58. The number of hydrogen-bond donors (Lipinski definition) is 3. The van der Waals surface area contributed by atoms with Crippen molar-refractivity contribution in [2.24, 2.45) is 0 Å². The summed E-state index contributed by atoms with van der Waals surface area (Å²) in [6.07, 6.45) is 0.727. The molecule has 1 fully saturated rings. The number of nitrogens with one attached hydrogen (secondary N) is 2. The molecule has 0 radical (unpaired) electrons. The van der Waals surface area contributed by atoms with E-state index in [4.69, 9.17) is 0 Å². The topological polar surface area (TPSA) is 78.4 Å². The van der Waals surface area contributed by atoms with E-state index in [2.05, 4.69) is 26.6 Å². The van der Waals surface area contributed by atoms with Gasteiger partial charge >= 0.3 is 0 Å². The molecule has 1 aromatic carbocycles. The second kappa shape index (κ2) is 6.92. The van der Waals surface area contributed by atoms with Gasteiger partial charge in [-0.1, -0.05) is 42.1 Å². The maximum absolute atomic E-state index is 11.9. The molecular formula is C13H13BrN2O3S. The highest BCUT2D eigenvalue weighted by molar-refractivity contribution is 9.12. The lowest BCUT2D eigenvalue weighted by Gasteiger charge is -2.06. The summed E-state index contributed by atoms with van der Waals surface area (Å²) < 4.78 is 0.223. The third-order valence-electron chi connectivity index (χ3n) is 2.63. The van der Waals surface area contributed by atoms with Crippen molar-refractivity contribution < 1.29 is 14.7 Å². The molecule has 1 aromatic rings. The number of carbonyl (C=O) groups excluding carboxylic acids is 2. The van der Waals surface area contributed by atoms with Crippen LogP contribution in [0, 0.1) is 0 Å². The minimum Gasteiger partial charge on any atom is -0.373 e. The van der Waals surface area contributed by atoms with Crippen LogP contribution in [0.3, 0.4) is 0 Å². The van der Waals surface area contributed by atoms with Crippen molar-refractivity contribution in [1.82, 2.24) is 10.6 Å². The Morgan fingerprint density at radius 3 is 2.70 bits per heavy atom. The van der Waals surface area contributed by atoms with Gasteiger partial charge < -0.3 is 15.7 Å². The molecule has 1 atom stereocenters. The van der Waals surface area contributed by atoms with Crippen LogP contribution in [0.4, 0.5) is 0 Å². The zero-order valence-electron chi connectivity index (χ0n) is 10.4. The summed E-state index contributed by atoms with van der Waals surface area (Å²) >= 11 is 4.04. The van der Waals surface area contributed by atoms with Crippen LogP contribution >= 0.6 is 27.7 Å². The van der Waals surface area contributed by atoms with Crippen molar-refractivity contribution in [2.75, 3.05) is 6.54 Å². The van der Waals surface area contributed by atoms with Crippen LogP contribution in [0.5, 0.6) is 0 Å². The highest BCUT2D eigenvalue weighted by Crippen LogP contribution is 2.30.